The maximum absolute atomic E-state index is 12.2. The van der Waals surface area contributed by atoms with Crippen molar-refractivity contribution in [2.45, 2.75) is 18.4 Å². The highest BCUT2D eigenvalue weighted by atomic mass is 79.9. The van der Waals surface area contributed by atoms with Crippen LogP contribution in [-0.2, 0) is 10.3 Å². The normalized spacial score (nSPS) is 21.0. The van der Waals surface area contributed by atoms with E-state index >= 15 is 0 Å². The third kappa shape index (κ3) is 2.77. The molecule has 1 heterocycles. The van der Waals surface area contributed by atoms with E-state index in [2.05, 4.69) is 33.4 Å². The van der Waals surface area contributed by atoms with Crippen molar-refractivity contribution in [3.05, 3.63) is 34.3 Å². The lowest BCUT2D eigenvalue weighted by atomic mass is 10.1. The van der Waals surface area contributed by atoms with Gasteiger partial charge in [0, 0.05) is 17.6 Å². The van der Waals surface area contributed by atoms with Crippen LogP contribution in [-0.4, -0.2) is 37.2 Å². The Morgan fingerprint density at radius 3 is 2.42 bits per heavy atom. The fourth-order valence-corrected chi connectivity index (χ4v) is 2.69. The highest BCUT2D eigenvalue weighted by Crippen LogP contribution is 2.45. The van der Waals surface area contributed by atoms with Crippen molar-refractivity contribution in [1.82, 2.24) is 10.2 Å². The van der Waals surface area contributed by atoms with Crippen molar-refractivity contribution in [2.24, 2.45) is 0 Å². The van der Waals surface area contributed by atoms with Gasteiger partial charge in [-0.15, -0.1) is 0 Å². The molecule has 2 amide bonds. The van der Waals surface area contributed by atoms with Crippen LogP contribution in [0, 0.1) is 0 Å². The van der Waals surface area contributed by atoms with E-state index in [9.17, 15) is 4.79 Å². The zero-order valence-corrected chi connectivity index (χ0v) is 12.3. The van der Waals surface area contributed by atoms with Gasteiger partial charge in [-0.3, -0.25) is 0 Å². The minimum atomic E-state index is -0.143. The van der Waals surface area contributed by atoms with Crippen LogP contribution >= 0.6 is 15.9 Å². The largest absolute Gasteiger partial charge is 0.378 e. The van der Waals surface area contributed by atoms with Gasteiger partial charge in [0.2, 0.25) is 0 Å². The van der Waals surface area contributed by atoms with Gasteiger partial charge in [0.1, 0.15) is 0 Å². The van der Waals surface area contributed by atoms with Gasteiger partial charge in [0.05, 0.1) is 18.8 Å². The number of nitrogens with one attached hydrogen (secondary N) is 1. The highest BCUT2D eigenvalue weighted by Gasteiger charge is 2.46. The number of nitrogens with zero attached hydrogens (tertiary/aromatic N) is 1. The molecule has 4 nitrogen and oxygen atoms in total. The number of carbonyl (C=O) groups is 1. The van der Waals surface area contributed by atoms with Gasteiger partial charge in [0.25, 0.3) is 0 Å². The average Bonchev–Trinajstić information content (AvgIpc) is 3.21. The zero-order chi connectivity index (χ0) is 13.3. The molecular weight excluding hydrogens is 308 g/mol. The molecule has 3 rings (SSSR count). The van der Waals surface area contributed by atoms with Gasteiger partial charge in [-0.1, -0.05) is 28.1 Å². The molecule has 19 heavy (non-hydrogen) atoms. The number of benzene rings is 1. The number of amides is 2. The minimum Gasteiger partial charge on any atom is -0.378 e. The maximum Gasteiger partial charge on any atom is 0.318 e. The Morgan fingerprint density at radius 2 is 1.84 bits per heavy atom. The van der Waals surface area contributed by atoms with Crippen LogP contribution in [0.3, 0.4) is 0 Å². The fraction of sp³-hybridized carbons (Fsp3) is 0.500. The van der Waals surface area contributed by atoms with Crippen LogP contribution in [0.15, 0.2) is 28.7 Å². The van der Waals surface area contributed by atoms with E-state index in [4.69, 9.17) is 4.74 Å². The summed E-state index contributed by atoms with van der Waals surface area (Å²) in [6.45, 7) is 2.64. The summed E-state index contributed by atoms with van der Waals surface area (Å²) in [5.41, 5.74) is 1.05. The monoisotopic (exact) mass is 324 g/mol. The van der Waals surface area contributed by atoms with E-state index in [1.165, 1.54) is 5.56 Å². The van der Waals surface area contributed by atoms with Crippen molar-refractivity contribution >= 4 is 22.0 Å². The van der Waals surface area contributed by atoms with E-state index in [1.807, 2.05) is 17.0 Å². The first-order chi connectivity index (χ1) is 9.20. The van der Waals surface area contributed by atoms with E-state index in [1.54, 1.807) is 0 Å². The van der Waals surface area contributed by atoms with Gasteiger partial charge >= 0.3 is 6.03 Å². The fourth-order valence-electron chi connectivity index (χ4n) is 2.43. The average molecular weight is 325 g/mol. The number of ether oxygens (including phenoxy) is 1. The second-order valence-electron chi connectivity index (χ2n) is 5.12. The van der Waals surface area contributed by atoms with E-state index in [0.29, 0.717) is 26.3 Å². The van der Waals surface area contributed by atoms with E-state index in [0.717, 1.165) is 17.3 Å². The lowest BCUT2D eigenvalue weighted by molar-refractivity contribution is 0.0522. The number of morpholine rings is 1. The molecule has 2 fully saturated rings. The summed E-state index contributed by atoms with van der Waals surface area (Å²) in [6, 6.07) is 8.24. The predicted octanol–water partition coefficient (Wildman–Crippen LogP) is 2.48. The van der Waals surface area contributed by atoms with Gasteiger partial charge in [-0.2, -0.15) is 0 Å². The number of carbonyl (C=O) groups excluding carboxylic acids is 1. The van der Waals surface area contributed by atoms with Gasteiger partial charge in [-0.05, 0) is 30.5 Å². The molecule has 0 spiro atoms. The molecule has 1 saturated carbocycles. The third-order valence-corrected chi connectivity index (χ3v) is 4.32. The minimum absolute atomic E-state index is 0.0312. The topological polar surface area (TPSA) is 41.6 Å². The van der Waals surface area contributed by atoms with Crippen LogP contribution in [0.2, 0.25) is 0 Å². The molecule has 1 aliphatic heterocycles. The Kier molecular flexibility index (Phi) is 3.50. The molecule has 5 heteroatoms. The molecule has 1 aromatic rings. The molecule has 1 aliphatic carbocycles. The van der Waals surface area contributed by atoms with Crippen molar-refractivity contribution in [2.75, 3.05) is 26.3 Å². The molecule has 0 radical (unpaired) electrons. The summed E-state index contributed by atoms with van der Waals surface area (Å²) < 4.78 is 6.33. The van der Waals surface area contributed by atoms with Crippen molar-refractivity contribution < 1.29 is 9.53 Å². The third-order valence-electron chi connectivity index (χ3n) is 3.79. The number of urea groups is 1. The highest BCUT2D eigenvalue weighted by molar-refractivity contribution is 9.10. The maximum atomic E-state index is 12.2. The molecule has 0 unspecified atom stereocenters. The Hall–Kier alpha value is -1.07. The Balaban J connectivity index is 1.68. The first-order valence-corrected chi connectivity index (χ1v) is 7.40. The van der Waals surface area contributed by atoms with Gasteiger partial charge < -0.3 is 15.0 Å². The van der Waals surface area contributed by atoms with Gasteiger partial charge in [0.15, 0.2) is 0 Å². The Bertz CT molecular complexity index is 465. The van der Waals surface area contributed by atoms with Crippen LogP contribution in [0.1, 0.15) is 18.4 Å². The lowest BCUT2D eigenvalue weighted by Crippen LogP contribution is -2.49. The van der Waals surface area contributed by atoms with Crippen molar-refractivity contribution in [3.8, 4) is 0 Å². The van der Waals surface area contributed by atoms with Crippen molar-refractivity contribution in [3.63, 3.8) is 0 Å². The summed E-state index contributed by atoms with van der Waals surface area (Å²) in [4.78, 5) is 14.1. The van der Waals surface area contributed by atoms with Crippen molar-refractivity contribution in [1.29, 1.82) is 0 Å². The van der Waals surface area contributed by atoms with Crippen LogP contribution in [0.4, 0.5) is 4.79 Å². The molecular formula is C14H17BrN2O2. The SMILES string of the molecule is O=C(NC1(c2ccc(Br)cc2)CC1)N1CCOCC1. The van der Waals surface area contributed by atoms with E-state index < -0.39 is 0 Å². The van der Waals surface area contributed by atoms with Crippen LogP contribution in [0.25, 0.3) is 0 Å². The lowest BCUT2D eigenvalue weighted by Gasteiger charge is -2.29. The molecule has 1 saturated heterocycles. The predicted molar refractivity (Wildman–Crippen MR) is 76.0 cm³/mol. The summed E-state index contributed by atoms with van der Waals surface area (Å²) in [5.74, 6) is 0. The summed E-state index contributed by atoms with van der Waals surface area (Å²) >= 11 is 3.44. The second kappa shape index (κ2) is 5.13. The first-order valence-electron chi connectivity index (χ1n) is 6.60. The molecule has 1 N–H and O–H groups in total. The smallest absolute Gasteiger partial charge is 0.318 e. The number of halogens is 1. The summed E-state index contributed by atoms with van der Waals surface area (Å²) in [5, 5.41) is 3.19. The summed E-state index contributed by atoms with van der Waals surface area (Å²) in [7, 11) is 0. The number of hydrogen-bond acceptors (Lipinski definition) is 2. The first kappa shape index (κ1) is 12.9. The van der Waals surface area contributed by atoms with E-state index in [-0.39, 0.29) is 11.6 Å². The zero-order valence-electron chi connectivity index (χ0n) is 10.7. The number of rotatable bonds is 2. The Labute approximate surface area is 121 Å². The van der Waals surface area contributed by atoms with Crippen LogP contribution in [0.5, 0.6) is 0 Å². The van der Waals surface area contributed by atoms with Crippen LogP contribution < -0.4 is 5.32 Å². The standard InChI is InChI=1S/C14H17BrN2O2/c15-12-3-1-11(2-4-12)14(5-6-14)16-13(18)17-7-9-19-10-8-17/h1-4H,5-10H2,(H,16,18). The summed E-state index contributed by atoms with van der Waals surface area (Å²) in [6.07, 6.45) is 2.04. The Morgan fingerprint density at radius 1 is 1.21 bits per heavy atom. The van der Waals surface area contributed by atoms with Gasteiger partial charge in [-0.25, -0.2) is 4.79 Å². The molecule has 2 aliphatic rings. The molecule has 1 aromatic carbocycles. The molecule has 102 valence electrons. The number of hydrogen-bond donors (Lipinski definition) is 1. The molecule has 0 atom stereocenters. The second-order valence-corrected chi connectivity index (χ2v) is 6.03. The molecule has 0 aromatic heterocycles. The quantitative estimate of drug-likeness (QED) is 0.908. The molecule has 0 bridgehead atoms.